The number of rotatable bonds is 3. The van der Waals surface area contributed by atoms with Gasteiger partial charge < -0.3 is 19.8 Å². The summed E-state index contributed by atoms with van der Waals surface area (Å²) >= 11 is 1.39. The van der Waals surface area contributed by atoms with Crippen molar-refractivity contribution < 1.29 is 19.5 Å². The number of urea groups is 1. The van der Waals surface area contributed by atoms with Crippen LogP contribution >= 0.6 is 11.8 Å². The lowest BCUT2D eigenvalue weighted by molar-refractivity contribution is -0.140. The molecule has 0 aromatic heterocycles. The number of carbonyl (C=O) groups is 3. The Hall–Kier alpha value is -1.44. The summed E-state index contributed by atoms with van der Waals surface area (Å²) in [6.07, 6.45) is 0. The summed E-state index contributed by atoms with van der Waals surface area (Å²) in [5.74, 6) is -0.488. The summed E-state index contributed by atoms with van der Waals surface area (Å²) in [5, 5.41) is 8.98. The monoisotopic (exact) mass is 275 g/mol. The van der Waals surface area contributed by atoms with E-state index in [-0.39, 0.29) is 12.5 Å². The lowest BCUT2D eigenvalue weighted by atomic mass is 10.3. The van der Waals surface area contributed by atoms with Gasteiger partial charge in [0.25, 0.3) is 0 Å². The first-order valence-corrected chi connectivity index (χ1v) is 6.52. The average molecular weight is 275 g/mol. The van der Waals surface area contributed by atoms with E-state index in [2.05, 4.69) is 0 Å². The van der Waals surface area contributed by atoms with Crippen LogP contribution in [0.3, 0.4) is 0 Å². The summed E-state index contributed by atoms with van der Waals surface area (Å²) < 4.78 is 0. The van der Waals surface area contributed by atoms with Crippen LogP contribution in [0.15, 0.2) is 0 Å². The second-order valence-electron chi connectivity index (χ2n) is 4.25. The van der Waals surface area contributed by atoms with Crippen molar-refractivity contribution in [3.63, 3.8) is 0 Å². The zero-order chi connectivity index (χ0) is 13.9. The maximum Gasteiger partial charge on any atom is 0.327 e. The Morgan fingerprint density at radius 1 is 1.33 bits per heavy atom. The number of carbonyl (C=O) groups excluding carboxylic acids is 2. The Balaban J connectivity index is 2.63. The third kappa shape index (κ3) is 3.28. The normalized spacial score (nSPS) is 18.6. The van der Waals surface area contributed by atoms with Gasteiger partial charge in [0.1, 0.15) is 12.6 Å². The Bertz CT molecular complexity index is 361. The smallest absolute Gasteiger partial charge is 0.327 e. The van der Waals surface area contributed by atoms with Crippen LogP contribution in [0.1, 0.15) is 0 Å². The number of nitrogens with zero attached hydrogens (tertiary/aromatic N) is 3. The fourth-order valence-corrected chi connectivity index (χ4v) is 2.61. The molecule has 0 saturated carbocycles. The van der Waals surface area contributed by atoms with Crippen LogP contribution in [-0.4, -0.2) is 83.1 Å². The summed E-state index contributed by atoms with van der Waals surface area (Å²) in [4.78, 5) is 38.4. The van der Waals surface area contributed by atoms with Gasteiger partial charge in [-0.1, -0.05) is 0 Å². The molecule has 0 bridgehead atoms. The molecule has 0 radical (unpaired) electrons. The van der Waals surface area contributed by atoms with Crippen LogP contribution in [0.25, 0.3) is 0 Å². The summed E-state index contributed by atoms with van der Waals surface area (Å²) in [7, 11) is 4.70. The molecule has 1 aliphatic rings. The van der Waals surface area contributed by atoms with Crippen molar-refractivity contribution in [2.75, 3.05) is 39.3 Å². The number of hydrogen-bond donors (Lipinski definition) is 1. The molecule has 3 amide bonds. The van der Waals surface area contributed by atoms with Gasteiger partial charge in [-0.25, -0.2) is 9.59 Å². The number of aliphatic carboxylic acids is 1. The van der Waals surface area contributed by atoms with Gasteiger partial charge in [0.2, 0.25) is 5.91 Å². The van der Waals surface area contributed by atoms with Crippen LogP contribution in [-0.2, 0) is 9.59 Å². The number of carboxylic acid groups (broad SMARTS) is 1. The van der Waals surface area contributed by atoms with Crippen LogP contribution in [0.5, 0.6) is 0 Å². The highest BCUT2D eigenvalue weighted by molar-refractivity contribution is 7.99. The zero-order valence-electron chi connectivity index (χ0n) is 10.6. The predicted octanol–water partition coefficient (Wildman–Crippen LogP) is -0.414. The van der Waals surface area contributed by atoms with Gasteiger partial charge in [0.05, 0.1) is 5.88 Å². The fourth-order valence-electron chi connectivity index (χ4n) is 1.47. The van der Waals surface area contributed by atoms with Crippen molar-refractivity contribution in [1.82, 2.24) is 14.7 Å². The Kier molecular flexibility index (Phi) is 4.83. The van der Waals surface area contributed by atoms with E-state index in [1.54, 1.807) is 14.1 Å². The van der Waals surface area contributed by atoms with Crippen molar-refractivity contribution >= 4 is 29.7 Å². The SMILES string of the molecule is CN(C)C(=O)CN(C)C(=O)N1CSCC1C(=O)O. The minimum absolute atomic E-state index is 0.0562. The number of carboxylic acids is 1. The molecular weight excluding hydrogens is 258 g/mol. The second-order valence-corrected chi connectivity index (χ2v) is 5.25. The van der Waals surface area contributed by atoms with E-state index in [9.17, 15) is 14.4 Å². The maximum atomic E-state index is 12.0. The first-order valence-electron chi connectivity index (χ1n) is 5.37. The highest BCUT2D eigenvalue weighted by Gasteiger charge is 2.36. The molecule has 0 aromatic rings. The Morgan fingerprint density at radius 3 is 2.44 bits per heavy atom. The molecule has 1 unspecified atom stereocenters. The molecule has 1 heterocycles. The molecule has 1 rings (SSSR count). The molecule has 8 heteroatoms. The molecule has 18 heavy (non-hydrogen) atoms. The van der Waals surface area contributed by atoms with Crippen LogP contribution < -0.4 is 0 Å². The Morgan fingerprint density at radius 2 is 1.94 bits per heavy atom. The van der Waals surface area contributed by atoms with E-state index in [4.69, 9.17) is 5.11 Å². The van der Waals surface area contributed by atoms with Crippen LogP contribution in [0.2, 0.25) is 0 Å². The van der Waals surface area contributed by atoms with Crippen molar-refractivity contribution in [2.45, 2.75) is 6.04 Å². The van der Waals surface area contributed by atoms with Gasteiger partial charge in [0.15, 0.2) is 0 Å². The number of hydrogen-bond acceptors (Lipinski definition) is 4. The standard InChI is InChI=1S/C10H17N3O4S/c1-11(2)8(14)4-12(3)10(17)13-6-18-5-7(13)9(15)16/h7H,4-6H2,1-3H3,(H,15,16). The van der Waals surface area contributed by atoms with Gasteiger partial charge in [-0.05, 0) is 0 Å². The third-order valence-electron chi connectivity index (χ3n) is 2.61. The second kappa shape index (κ2) is 5.94. The zero-order valence-corrected chi connectivity index (χ0v) is 11.4. The molecule has 1 N–H and O–H groups in total. The predicted molar refractivity (Wildman–Crippen MR) is 67.3 cm³/mol. The summed E-state index contributed by atoms with van der Waals surface area (Å²) in [5.41, 5.74) is 0. The molecule has 0 aliphatic carbocycles. The third-order valence-corrected chi connectivity index (χ3v) is 3.62. The molecule has 1 atom stereocenters. The maximum absolute atomic E-state index is 12.0. The first kappa shape index (κ1) is 14.6. The van der Waals surface area contributed by atoms with Crippen molar-refractivity contribution in [1.29, 1.82) is 0 Å². The average Bonchev–Trinajstić information content (AvgIpc) is 2.76. The van der Waals surface area contributed by atoms with Crippen LogP contribution in [0.4, 0.5) is 4.79 Å². The van der Waals surface area contributed by atoms with E-state index in [0.29, 0.717) is 11.6 Å². The molecular formula is C10H17N3O4S. The number of thioether (sulfide) groups is 1. The first-order chi connectivity index (χ1) is 8.34. The molecule has 102 valence electrons. The molecule has 7 nitrogen and oxygen atoms in total. The fraction of sp³-hybridized carbons (Fsp3) is 0.700. The van der Waals surface area contributed by atoms with Gasteiger partial charge in [-0.3, -0.25) is 4.79 Å². The largest absolute Gasteiger partial charge is 0.480 e. The van der Waals surface area contributed by atoms with Gasteiger partial charge in [-0.15, -0.1) is 11.8 Å². The van der Waals surface area contributed by atoms with Gasteiger partial charge in [0, 0.05) is 26.9 Å². The van der Waals surface area contributed by atoms with E-state index >= 15 is 0 Å². The summed E-state index contributed by atoms with van der Waals surface area (Å²) in [6.45, 7) is -0.0562. The van der Waals surface area contributed by atoms with E-state index in [0.717, 1.165) is 0 Å². The lowest BCUT2D eigenvalue weighted by Crippen LogP contribution is -2.49. The summed E-state index contributed by atoms with van der Waals surface area (Å²) in [6, 6.07) is -1.23. The topological polar surface area (TPSA) is 81.2 Å². The van der Waals surface area contributed by atoms with E-state index < -0.39 is 18.0 Å². The Labute approximate surface area is 110 Å². The number of amides is 3. The molecule has 1 saturated heterocycles. The molecule has 0 aromatic carbocycles. The molecule has 1 fully saturated rings. The van der Waals surface area contributed by atoms with Crippen molar-refractivity contribution in [3.05, 3.63) is 0 Å². The molecule has 1 aliphatic heterocycles. The van der Waals surface area contributed by atoms with E-state index in [1.165, 1.54) is 33.5 Å². The van der Waals surface area contributed by atoms with E-state index in [1.807, 2.05) is 0 Å². The lowest BCUT2D eigenvalue weighted by Gasteiger charge is -2.27. The minimum atomic E-state index is -1.01. The highest BCUT2D eigenvalue weighted by Crippen LogP contribution is 2.22. The quantitative estimate of drug-likeness (QED) is 0.757. The van der Waals surface area contributed by atoms with Crippen molar-refractivity contribution in [2.24, 2.45) is 0 Å². The number of likely N-dealkylation sites (N-methyl/N-ethyl adjacent to an activating group) is 2. The van der Waals surface area contributed by atoms with Crippen LogP contribution in [0, 0.1) is 0 Å². The van der Waals surface area contributed by atoms with Gasteiger partial charge in [-0.2, -0.15) is 0 Å². The minimum Gasteiger partial charge on any atom is -0.480 e. The van der Waals surface area contributed by atoms with Crippen molar-refractivity contribution in [3.8, 4) is 0 Å². The van der Waals surface area contributed by atoms with Gasteiger partial charge >= 0.3 is 12.0 Å². The highest BCUT2D eigenvalue weighted by atomic mass is 32.2. The molecule has 0 spiro atoms.